The van der Waals surface area contributed by atoms with Crippen molar-refractivity contribution in [2.45, 2.75) is 30.8 Å². The average Bonchev–Trinajstić information content (AvgIpc) is 2.66. The molecule has 0 saturated carbocycles. The monoisotopic (exact) mass is 376 g/mol. The Hall–Kier alpha value is -2.25. The lowest BCUT2D eigenvalue weighted by atomic mass is 10.0. The van der Waals surface area contributed by atoms with Crippen LogP contribution in [0.25, 0.3) is 0 Å². The van der Waals surface area contributed by atoms with Crippen molar-refractivity contribution in [2.75, 3.05) is 19.8 Å². The predicted molar refractivity (Wildman–Crippen MR) is 94.5 cm³/mol. The normalized spacial score (nSPS) is 18.7. The van der Waals surface area contributed by atoms with Gasteiger partial charge in [0, 0.05) is 5.56 Å². The van der Waals surface area contributed by atoms with Crippen molar-refractivity contribution < 1.29 is 26.8 Å². The number of benzene rings is 2. The molecule has 0 bridgehead atoms. The predicted octanol–water partition coefficient (Wildman–Crippen LogP) is 2.87. The van der Waals surface area contributed by atoms with Gasteiger partial charge in [-0.15, -0.1) is 0 Å². The fourth-order valence-electron chi connectivity index (χ4n) is 3.04. The molecule has 0 saturated heterocycles. The van der Waals surface area contributed by atoms with E-state index in [1.807, 2.05) is 19.1 Å². The van der Waals surface area contributed by atoms with Crippen LogP contribution < -0.4 is 14.2 Å². The molecular formula is C19H20O6S. The summed E-state index contributed by atoms with van der Waals surface area (Å²) in [5, 5.41) is 0. The second kappa shape index (κ2) is 6.81. The van der Waals surface area contributed by atoms with E-state index in [1.54, 1.807) is 12.1 Å². The van der Waals surface area contributed by atoms with Crippen molar-refractivity contribution in [3.8, 4) is 17.2 Å². The minimum absolute atomic E-state index is 0.111. The highest BCUT2D eigenvalue weighted by molar-refractivity contribution is 7.86. The Morgan fingerprint density at radius 2 is 1.85 bits per heavy atom. The lowest BCUT2D eigenvalue weighted by Crippen LogP contribution is -2.35. The van der Waals surface area contributed by atoms with Crippen molar-refractivity contribution in [3.05, 3.63) is 47.5 Å². The topological polar surface area (TPSA) is 71.1 Å². The molecule has 0 radical (unpaired) electrons. The maximum absolute atomic E-state index is 12.3. The van der Waals surface area contributed by atoms with Gasteiger partial charge in [0.25, 0.3) is 10.1 Å². The Kier molecular flexibility index (Phi) is 4.50. The van der Waals surface area contributed by atoms with Crippen LogP contribution in [0.5, 0.6) is 17.2 Å². The van der Waals surface area contributed by atoms with E-state index in [9.17, 15) is 8.42 Å². The molecule has 2 aromatic rings. The van der Waals surface area contributed by atoms with E-state index in [2.05, 4.69) is 0 Å². The van der Waals surface area contributed by atoms with Gasteiger partial charge in [-0.05, 0) is 44.0 Å². The lowest BCUT2D eigenvalue weighted by molar-refractivity contribution is 0.0534. The van der Waals surface area contributed by atoms with E-state index >= 15 is 0 Å². The summed E-state index contributed by atoms with van der Waals surface area (Å²) in [6, 6.07) is 10.2. The molecule has 2 aliphatic rings. The lowest BCUT2D eigenvalue weighted by Gasteiger charge is -2.30. The van der Waals surface area contributed by atoms with Crippen LogP contribution in [-0.4, -0.2) is 34.3 Å². The molecule has 138 valence electrons. The Balaban J connectivity index is 1.47. The first-order valence-electron chi connectivity index (χ1n) is 8.57. The van der Waals surface area contributed by atoms with Gasteiger partial charge in [0.1, 0.15) is 19.0 Å². The van der Waals surface area contributed by atoms with E-state index in [-0.39, 0.29) is 18.1 Å². The van der Waals surface area contributed by atoms with Crippen LogP contribution in [-0.2, 0) is 20.7 Å². The van der Waals surface area contributed by atoms with Crippen molar-refractivity contribution in [1.29, 1.82) is 0 Å². The van der Waals surface area contributed by atoms with E-state index < -0.39 is 16.2 Å². The molecule has 7 heteroatoms. The molecule has 2 aliphatic heterocycles. The van der Waals surface area contributed by atoms with E-state index in [1.165, 1.54) is 12.1 Å². The summed E-state index contributed by atoms with van der Waals surface area (Å²) in [5.74, 6) is 2.09. The number of hydrogen-bond donors (Lipinski definition) is 0. The van der Waals surface area contributed by atoms with Crippen LogP contribution in [0.4, 0.5) is 0 Å². The van der Waals surface area contributed by atoms with Crippen LogP contribution >= 0.6 is 0 Å². The third-order valence-corrected chi connectivity index (χ3v) is 5.73. The van der Waals surface area contributed by atoms with Gasteiger partial charge in [-0.3, -0.25) is 4.18 Å². The molecule has 0 N–H and O–H groups in total. The summed E-state index contributed by atoms with van der Waals surface area (Å²) in [5.41, 5.74) is 1.96. The zero-order valence-corrected chi connectivity index (χ0v) is 15.3. The number of ether oxygens (including phenoxy) is 3. The highest BCUT2D eigenvalue weighted by Gasteiger charge is 2.29. The van der Waals surface area contributed by atoms with E-state index in [4.69, 9.17) is 18.4 Å². The minimum atomic E-state index is -3.83. The molecule has 6 nitrogen and oxygen atoms in total. The molecule has 0 spiro atoms. The molecule has 0 unspecified atom stereocenters. The van der Waals surface area contributed by atoms with Crippen molar-refractivity contribution in [3.63, 3.8) is 0 Å². The summed E-state index contributed by atoms with van der Waals surface area (Å²) in [7, 11) is -3.83. The van der Waals surface area contributed by atoms with Crippen LogP contribution in [0.15, 0.2) is 41.3 Å². The molecule has 0 amide bonds. The summed E-state index contributed by atoms with van der Waals surface area (Å²) in [4.78, 5) is 0.131. The fraction of sp³-hybridized carbons (Fsp3) is 0.368. The largest absolute Gasteiger partial charge is 0.493 e. The third-order valence-electron chi connectivity index (χ3n) is 4.44. The van der Waals surface area contributed by atoms with Crippen molar-refractivity contribution in [2.24, 2.45) is 0 Å². The molecule has 26 heavy (non-hydrogen) atoms. The number of aryl methyl sites for hydroxylation is 1. The van der Waals surface area contributed by atoms with Gasteiger partial charge >= 0.3 is 0 Å². The van der Waals surface area contributed by atoms with Gasteiger partial charge in [0.2, 0.25) is 0 Å². The second-order valence-corrected chi connectivity index (χ2v) is 8.04. The fourth-order valence-corrected chi connectivity index (χ4v) is 3.97. The van der Waals surface area contributed by atoms with Gasteiger partial charge in [-0.2, -0.15) is 8.42 Å². The van der Waals surface area contributed by atoms with Gasteiger partial charge in [0.15, 0.2) is 17.6 Å². The molecule has 2 aromatic carbocycles. The van der Waals surface area contributed by atoms with Crippen LogP contribution in [0.1, 0.15) is 17.5 Å². The molecule has 4 rings (SSSR count). The Labute approximate surface area is 152 Å². The summed E-state index contributed by atoms with van der Waals surface area (Å²) in [6.45, 7) is 2.70. The van der Waals surface area contributed by atoms with E-state index in [0.29, 0.717) is 18.1 Å². The van der Waals surface area contributed by atoms with Gasteiger partial charge < -0.3 is 14.2 Å². The Morgan fingerprint density at radius 1 is 1.08 bits per heavy atom. The molecule has 2 heterocycles. The maximum Gasteiger partial charge on any atom is 0.297 e. The van der Waals surface area contributed by atoms with Crippen LogP contribution in [0.3, 0.4) is 0 Å². The zero-order chi connectivity index (χ0) is 18.1. The quantitative estimate of drug-likeness (QED) is 0.764. The SMILES string of the molecule is Cc1ccc(S(=O)(=O)OC[C@H]2COc3ccc4c(c3O2)CCCO4)cc1. The van der Waals surface area contributed by atoms with Crippen molar-refractivity contribution in [1.82, 2.24) is 0 Å². The smallest absolute Gasteiger partial charge is 0.297 e. The molecule has 0 fully saturated rings. The van der Waals surface area contributed by atoms with Crippen LogP contribution in [0, 0.1) is 6.92 Å². The second-order valence-electron chi connectivity index (χ2n) is 6.42. The standard InChI is InChI=1S/C19H20O6S/c1-13-4-6-15(7-5-13)26(20,21)24-12-14-11-23-18-9-8-17-16(19(18)25-14)3-2-10-22-17/h4-9,14H,2-3,10-12H2,1H3/t14-/m1/s1. The number of hydrogen-bond acceptors (Lipinski definition) is 6. The molecule has 0 aliphatic carbocycles. The maximum atomic E-state index is 12.3. The molecule has 1 atom stereocenters. The Bertz CT molecular complexity index is 904. The van der Waals surface area contributed by atoms with E-state index in [0.717, 1.165) is 29.7 Å². The number of fused-ring (bicyclic) bond motifs is 3. The summed E-state index contributed by atoms with van der Waals surface area (Å²) in [6.07, 6.45) is 1.25. The number of rotatable bonds is 4. The van der Waals surface area contributed by atoms with Gasteiger partial charge in [0.05, 0.1) is 11.5 Å². The highest BCUT2D eigenvalue weighted by Crippen LogP contribution is 2.42. The Morgan fingerprint density at radius 3 is 2.65 bits per heavy atom. The van der Waals surface area contributed by atoms with Gasteiger partial charge in [-0.25, -0.2) is 0 Å². The van der Waals surface area contributed by atoms with Crippen molar-refractivity contribution >= 4 is 10.1 Å². The van der Waals surface area contributed by atoms with Gasteiger partial charge in [-0.1, -0.05) is 17.7 Å². The first-order chi connectivity index (χ1) is 12.5. The average molecular weight is 376 g/mol. The first-order valence-corrected chi connectivity index (χ1v) is 9.98. The zero-order valence-electron chi connectivity index (χ0n) is 14.4. The first kappa shape index (κ1) is 17.2. The third kappa shape index (κ3) is 3.37. The summed E-state index contributed by atoms with van der Waals surface area (Å²) < 4.78 is 47.2. The minimum Gasteiger partial charge on any atom is -0.493 e. The summed E-state index contributed by atoms with van der Waals surface area (Å²) >= 11 is 0. The molecule has 0 aromatic heterocycles. The van der Waals surface area contributed by atoms with Crippen LogP contribution in [0.2, 0.25) is 0 Å². The highest BCUT2D eigenvalue weighted by atomic mass is 32.2. The molecular weight excluding hydrogens is 356 g/mol.